The van der Waals surface area contributed by atoms with Gasteiger partial charge in [-0.25, -0.2) is 13.4 Å². The molecule has 0 bridgehead atoms. The predicted molar refractivity (Wildman–Crippen MR) is 133 cm³/mol. The first-order valence-corrected chi connectivity index (χ1v) is 11.9. The van der Waals surface area contributed by atoms with E-state index in [1.54, 1.807) is 36.5 Å². The van der Waals surface area contributed by atoms with Crippen molar-refractivity contribution in [2.24, 2.45) is 0 Å². The quantitative estimate of drug-likeness (QED) is 0.320. The first-order valence-electron chi connectivity index (χ1n) is 9.65. The van der Waals surface area contributed by atoms with Crippen molar-refractivity contribution in [3.05, 3.63) is 89.9 Å². The zero-order chi connectivity index (χ0) is 23.4. The lowest BCUT2D eigenvalue weighted by atomic mass is 10.2. The van der Waals surface area contributed by atoms with Crippen LogP contribution in [0.15, 0.2) is 88.3 Å². The first-order chi connectivity index (χ1) is 15.9. The Morgan fingerprint density at radius 2 is 1.73 bits per heavy atom. The number of aromatic nitrogens is 1. The molecule has 7 nitrogen and oxygen atoms in total. The van der Waals surface area contributed by atoms with Crippen LogP contribution in [0.5, 0.6) is 5.75 Å². The maximum absolute atomic E-state index is 13.0. The normalized spacial score (nSPS) is 11.1. The number of thiocarbonyl (C=S) groups is 1. The van der Waals surface area contributed by atoms with Crippen LogP contribution in [0, 0.1) is 0 Å². The average Bonchev–Trinajstić information content (AvgIpc) is 3.32. The van der Waals surface area contributed by atoms with E-state index in [1.807, 2.05) is 30.3 Å². The summed E-state index contributed by atoms with van der Waals surface area (Å²) in [7, 11) is -2.57. The molecule has 1 heterocycles. The van der Waals surface area contributed by atoms with Crippen LogP contribution < -0.4 is 14.8 Å². The van der Waals surface area contributed by atoms with Crippen molar-refractivity contribution < 1.29 is 17.6 Å². The average molecular weight is 500 g/mol. The number of nitrogens with zero attached hydrogens (tertiary/aromatic N) is 1. The largest absolute Gasteiger partial charge is 0.495 e. The molecular formula is C23H18ClN3O4S2. The van der Waals surface area contributed by atoms with E-state index in [4.69, 9.17) is 33.0 Å². The predicted octanol–water partition coefficient (Wildman–Crippen LogP) is 5.59. The van der Waals surface area contributed by atoms with Crippen LogP contribution in [0.4, 0.5) is 11.4 Å². The summed E-state index contributed by atoms with van der Waals surface area (Å²) in [6.07, 6.45) is 1.58. The maximum atomic E-state index is 13.0. The number of hydrogen-bond donors (Lipinski definition) is 2. The van der Waals surface area contributed by atoms with Gasteiger partial charge in [0.05, 0.1) is 13.3 Å². The summed E-state index contributed by atoms with van der Waals surface area (Å²) in [6, 6.07) is 20.4. The Morgan fingerprint density at radius 3 is 2.42 bits per heavy atom. The molecule has 168 valence electrons. The summed E-state index contributed by atoms with van der Waals surface area (Å²) in [5.74, 6) is 0.957. The van der Waals surface area contributed by atoms with Crippen LogP contribution >= 0.6 is 23.8 Å². The van der Waals surface area contributed by atoms with E-state index >= 15 is 0 Å². The van der Waals surface area contributed by atoms with E-state index < -0.39 is 10.0 Å². The van der Waals surface area contributed by atoms with Gasteiger partial charge in [0.15, 0.2) is 10.7 Å². The molecule has 33 heavy (non-hydrogen) atoms. The molecule has 4 rings (SSSR count). The van der Waals surface area contributed by atoms with Gasteiger partial charge in [0, 0.05) is 22.0 Å². The molecule has 0 aliphatic heterocycles. The molecule has 0 spiro atoms. The van der Waals surface area contributed by atoms with Gasteiger partial charge in [0.25, 0.3) is 15.9 Å². The Labute approximate surface area is 201 Å². The topological polar surface area (TPSA) is 93.5 Å². The summed E-state index contributed by atoms with van der Waals surface area (Å²) >= 11 is 11.3. The van der Waals surface area contributed by atoms with Gasteiger partial charge >= 0.3 is 0 Å². The number of nitrogens with one attached hydrogen (secondary N) is 2. The van der Waals surface area contributed by atoms with E-state index in [0.29, 0.717) is 22.2 Å². The van der Waals surface area contributed by atoms with Crippen LogP contribution in [0.2, 0.25) is 5.02 Å². The maximum Gasteiger partial charge on any atom is 0.265 e. The minimum absolute atomic E-state index is 0.0647. The third kappa shape index (κ3) is 5.33. The minimum Gasteiger partial charge on any atom is -0.495 e. The van der Waals surface area contributed by atoms with E-state index in [0.717, 1.165) is 5.56 Å². The monoisotopic (exact) mass is 499 g/mol. The fourth-order valence-corrected chi connectivity index (χ4v) is 4.58. The van der Waals surface area contributed by atoms with E-state index in [9.17, 15) is 8.42 Å². The fraction of sp³-hybridized carbons (Fsp3) is 0.0435. The first kappa shape index (κ1) is 22.8. The Bertz CT molecular complexity index is 1390. The highest BCUT2D eigenvalue weighted by Crippen LogP contribution is 2.30. The molecular weight excluding hydrogens is 482 g/mol. The molecule has 0 amide bonds. The molecule has 0 fully saturated rings. The summed E-state index contributed by atoms with van der Waals surface area (Å²) in [6.45, 7) is 0. The minimum atomic E-state index is -3.96. The molecule has 3 aromatic carbocycles. The Hall–Kier alpha value is -3.40. The second-order valence-electron chi connectivity index (χ2n) is 6.83. The number of hydrogen-bond acceptors (Lipinski definition) is 6. The van der Waals surface area contributed by atoms with Crippen LogP contribution in [0.25, 0.3) is 11.3 Å². The number of oxazole rings is 1. The number of halogens is 1. The molecule has 0 unspecified atom stereocenters. The van der Waals surface area contributed by atoms with Crippen molar-refractivity contribution in [2.45, 2.75) is 4.90 Å². The number of methoxy groups -OCH3 is 1. The highest BCUT2D eigenvalue weighted by Gasteiger charge is 2.21. The molecule has 0 saturated carbocycles. The van der Waals surface area contributed by atoms with Gasteiger partial charge < -0.3 is 14.5 Å². The Morgan fingerprint density at radius 1 is 1.03 bits per heavy atom. The second-order valence-corrected chi connectivity index (χ2v) is 9.32. The molecule has 0 atom stereocenters. The molecule has 2 N–H and O–H groups in total. The van der Waals surface area contributed by atoms with Crippen LogP contribution in [0.1, 0.15) is 5.89 Å². The molecule has 1 aromatic heterocycles. The number of benzene rings is 3. The summed E-state index contributed by atoms with van der Waals surface area (Å²) < 4.78 is 39.6. The van der Waals surface area contributed by atoms with Crippen molar-refractivity contribution >= 4 is 50.2 Å². The summed E-state index contributed by atoms with van der Waals surface area (Å²) in [4.78, 5) is 4.36. The molecule has 10 heteroatoms. The lowest BCUT2D eigenvalue weighted by molar-refractivity contribution is 0.403. The van der Waals surface area contributed by atoms with Crippen molar-refractivity contribution in [2.75, 3.05) is 17.1 Å². The second kappa shape index (κ2) is 9.62. The van der Waals surface area contributed by atoms with Gasteiger partial charge in [-0.3, -0.25) is 4.72 Å². The van der Waals surface area contributed by atoms with Gasteiger partial charge in [0.1, 0.15) is 10.6 Å². The zero-order valence-electron chi connectivity index (χ0n) is 17.3. The summed E-state index contributed by atoms with van der Waals surface area (Å²) in [5.41, 5.74) is 1.66. The Kier molecular flexibility index (Phi) is 6.64. The smallest absolute Gasteiger partial charge is 0.265 e. The number of ether oxygens (including phenoxy) is 1. The van der Waals surface area contributed by atoms with Gasteiger partial charge in [0.2, 0.25) is 0 Å². The van der Waals surface area contributed by atoms with Crippen LogP contribution in [-0.4, -0.2) is 25.5 Å². The van der Waals surface area contributed by atoms with Crippen molar-refractivity contribution in [1.82, 2.24) is 4.98 Å². The highest BCUT2D eigenvalue weighted by atomic mass is 35.5. The van der Waals surface area contributed by atoms with Crippen molar-refractivity contribution in [3.8, 4) is 17.1 Å². The Balaban J connectivity index is 1.57. The third-order valence-electron chi connectivity index (χ3n) is 4.57. The zero-order valence-corrected chi connectivity index (χ0v) is 19.7. The van der Waals surface area contributed by atoms with E-state index in [1.165, 1.54) is 19.2 Å². The standard InChI is InChI=1S/C23H18ClN3O4S2/c1-30-19-12-11-18(13-21(19)33(28,29)27-17-9-7-16(24)8-10-17)26-23(32)22-25-14-20(31-22)15-5-3-2-4-6-15/h2-14,27H,1H3,(H,26,32). The SMILES string of the molecule is COc1ccc(NC(=S)c2ncc(-c3ccccc3)o2)cc1S(=O)(=O)Nc1ccc(Cl)cc1. The number of rotatable bonds is 7. The van der Waals surface area contributed by atoms with Crippen molar-refractivity contribution in [1.29, 1.82) is 0 Å². The molecule has 4 aromatic rings. The van der Waals surface area contributed by atoms with Gasteiger partial charge in [-0.05, 0) is 42.5 Å². The number of anilines is 2. The third-order valence-corrected chi connectivity index (χ3v) is 6.50. The lowest BCUT2D eigenvalue weighted by Gasteiger charge is -2.14. The molecule has 0 aliphatic rings. The summed E-state index contributed by atoms with van der Waals surface area (Å²) in [5, 5.41) is 3.47. The highest BCUT2D eigenvalue weighted by molar-refractivity contribution is 7.92. The van der Waals surface area contributed by atoms with E-state index in [2.05, 4.69) is 15.0 Å². The van der Waals surface area contributed by atoms with Crippen LogP contribution in [0.3, 0.4) is 0 Å². The van der Waals surface area contributed by atoms with Gasteiger partial charge in [-0.1, -0.05) is 54.2 Å². The number of sulfonamides is 1. The van der Waals surface area contributed by atoms with E-state index in [-0.39, 0.29) is 21.5 Å². The van der Waals surface area contributed by atoms with Gasteiger partial charge in [-0.15, -0.1) is 0 Å². The molecule has 0 aliphatic carbocycles. The van der Waals surface area contributed by atoms with Crippen molar-refractivity contribution in [3.63, 3.8) is 0 Å². The lowest BCUT2D eigenvalue weighted by Crippen LogP contribution is -2.16. The van der Waals surface area contributed by atoms with Gasteiger partial charge in [-0.2, -0.15) is 0 Å². The van der Waals surface area contributed by atoms with Crippen LogP contribution in [-0.2, 0) is 10.0 Å². The molecule has 0 radical (unpaired) electrons. The molecule has 0 saturated heterocycles. The fourth-order valence-electron chi connectivity index (χ4n) is 2.99.